The van der Waals surface area contributed by atoms with E-state index in [4.69, 9.17) is 0 Å². The third kappa shape index (κ3) is 2.44. The van der Waals surface area contributed by atoms with Gasteiger partial charge in [0.15, 0.2) is 0 Å². The highest BCUT2D eigenvalue weighted by Gasteiger charge is 2.25. The van der Waals surface area contributed by atoms with Gasteiger partial charge in [0, 0.05) is 25.2 Å². The molecule has 1 saturated heterocycles. The van der Waals surface area contributed by atoms with E-state index in [1.165, 1.54) is 0 Å². The van der Waals surface area contributed by atoms with Gasteiger partial charge in [0.05, 0.1) is 5.69 Å². The molecule has 1 N–H and O–H groups in total. The smallest absolute Gasteiger partial charge is 0.250 e. The summed E-state index contributed by atoms with van der Waals surface area (Å²) in [6.07, 6.45) is 0. The van der Waals surface area contributed by atoms with Crippen LogP contribution in [0, 0.1) is 0 Å². The molecule has 0 spiro atoms. The lowest BCUT2D eigenvalue weighted by Gasteiger charge is -2.36. The number of nitrogens with one attached hydrogen (secondary N) is 1. The molecule has 6 heteroatoms. The van der Waals surface area contributed by atoms with Gasteiger partial charge in [-0.2, -0.15) is 4.68 Å². The molecule has 0 amide bonds. The fraction of sp³-hybridized carbons (Fsp3) is 0.462. The summed E-state index contributed by atoms with van der Waals surface area (Å²) in [5.74, 6) is 0.811. The molecule has 0 aliphatic carbocycles. The number of piperazine rings is 1. The molecule has 2 unspecified atom stereocenters. The van der Waals surface area contributed by atoms with Crippen LogP contribution in [-0.2, 0) is 0 Å². The molecular formula is C13H18N6. The van der Waals surface area contributed by atoms with Crippen molar-refractivity contribution in [3.8, 4) is 5.69 Å². The van der Waals surface area contributed by atoms with E-state index in [1.807, 2.05) is 30.3 Å². The summed E-state index contributed by atoms with van der Waals surface area (Å²) in [4.78, 5) is 2.23. The van der Waals surface area contributed by atoms with Crippen molar-refractivity contribution in [2.24, 2.45) is 0 Å². The zero-order valence-corrected chi connectivity index (χ0v) is 11.2. The molecule has 1 fully saturated rings. The van der Waals surface area contributed by atoms with Crippen LogP contribution in [0.15, 0.2) is 30.3 Å². The molecular weight excluding hydrogens is 240 g/mol. The Kier molecular flexibility index (Phi) is 3.16. The highest BCUT2D eigenvalue weighted by molar-refractivity contribution is 5.41. The first-order valence-corrected chi connectivity index (χ1v) is 6.59. The number of aromatic nitrogens is 4. The predicted octanol–water partition coefficient (Wildman–Crippen LogP) is 0.849. The Morgan fingerprint density at radius 1 is 1.11 bits per heavy atom. The van der Waals surface area contributed by atoms with Gasteiger partial charge in [-0.15, -0.1) is 0 Å². The van der Waals surface area contributed by atoms with Crippen LogP contribution in [0.3, 0.4) is 0 Å². The lowest BCUT2D eigenvalue weighted by molar-refractivity contribution is 0.402. The van der Waals surface area contributed by atoms with Gasteiger partial charge in [-0.25, -0.2) is 0 Å². The second-order valence-electron chi connectivity index (χ2n) is 5.10. The number of nitrogens with zero attached hydrogens (tertiary/aromatic N) is 5. The number of tetrazole rings is 1. The Labute approximate surface area is 112 Å². The second-order valence-corrected chi connectivity index (χ2v) is 5.10. The third-order valence-electron chi connectivity index (χ3n) is 3.29. The summed E-state index contributed by atoms with van der Waals surface area (Å²) in [6, 6.07) is 10.9. The number of hydrogen-bond donors (Lipinski definition) is 1. The monoisotopic (exact) mass is 258 g/mol. The zero-order valence-electron chi connectivity index (χ0n) is 11.2. The Morgan fingerprint density at radius 3 is 2.47 bits per heavy atom. The Balaban J connectivity index is 1.92. The average Bonchev–Trinajstić information content (AvgIpc) is 2.88. The molecule has 1 aliphatic rings. The van der Waals surface area contributed by atoms with E-state index in [9.17, 15) is 0 Å². The van der Waals surface area contributed by atoms with Gasteiger partial charge in [0.25, 0.3) is 0 Å². The fourth-order valence-electron chi connectivity index (χ4n) is 2.61. The van der Waals surface area contributed by atoms with E-state index < -0.39 is 0 Å². The molecule has 1 aliphatic heterocycles. The number of anilines is 1. The molecule has 3 rings (SSSR count). The van der Waals surface area contributed by atoms with E-state index in [2.05, 4.69) is 39.6 Å². The number of rotatable bonds is 2. The van der Waals surface area contributed by atoms with Crippen LogP contribution in [0.4, 0.5) is 5.95 Å². The summed E-state index contributed by atoms with van der Waals surface area (Å²) in [5, 5.41) is 15.6. The zero-order chi connectivity index (χ0) is 13.2. The van der Waals surface area contributed by atoms with E-state index in [1.54, 1.807) is 4.68 Å². The van der Waals surface area contributed by atoms with Crippen LogP contribution in [0.1, 0.15) is 13.8 Å². The molecule has 0 saturated carbocycles. The topological polar surface area (TPSA) is 58.9 Å². The van der Waals surface area contributed by atoms with Gasteiger partial charge in [-0.05, 0) is 36.4 Å². The van der Waals surface area contributed by atoms with Crippen LogP contribution in [-0.4, -0.2) is 45.4 Å². The maximum absolute atomic E-state index is 4.19. The van der Waals surface area contributed by atoms with Crippen LogP contribution in [0.2, 0.25) is 0 Å². The number of hydrogen-bond acceptors (Lipinski definition) is 5. The lowest BCUT2D eigenvalue weighted by Crippen LogP contribution is -2.55. The lowest BCUT2D eigenvalue weighted by atomic mass is 10.1. The maximum Gasteiger partial charge on any atom is 0.250 e. The van der Waals surface area contributed by atoms with Crippen LogP contribution < -0.4 is 10.2 Å². The molecule has 2 heterocycles. The minimum absolute atomic E-state index is 0.435. The minimum atomic E-state index is 0.435. The Morgan fingerprint density at radius 2 is 1.79 bits per heavy atom. The molecule has 100 valence electrons. The molecule has 0 radical (unpaired) electrons. The van der Waals surface area contributed by atoms with Gasteiger partial charge in [-0.1, -0.05) is 23.3 Å². The molecule has 1 aromatic carbocycles. The van der Waals surface area contributed by atoms with E-state index >= 15 is 0 Å². The second kappa shape index (κ2) is 4.97. The first-order valence-electron chi connectivity index (χ1n) is 6.59. The SMILES string of the molecule is CC1CN(c2nnnn2-c2ccccc2)CC(C)N1. The summed E-state index contributed by atoms with van der Waals surface area (Å²) in [7, 11) is 0. The van der Waals surface area contributed by atoms with Crippen LogP contribution >= 0.6 is 0 Å². The number of benzene rings is 1. The van der Waals surface area contributed by atoms with Crippen LogP contribution in [0.25, 0.3) is 5.69 Å². The summed E-state index contributed by atoms with van der Waals surface area (Å²) >= 11 is 0. The van der Waals surface area contributed by atoms with Crippen molar-refractivity contribution in [2.45, 2.75) is 25.9 Å². The number of para-hydroxylation sites is 1. The summed E-state index contributed by atoms with van der Waals surface area (Å²) < 4.78 is 1.80. The Hall–Kier alpha value is -1.95. The van der Waals surface area contributed by atoms with Crippen molar-refractivity contribution in [3.63, 3.8) is 0 Å². The van der Waals surface area contributed by atoms with Crippen molar-refractivity contribution in [2.75, 3.05) is 18.0 Å². The highest BCUT2D eigenvalue weighted by atomic mass is 15.6. The average molecular weight is 258 g/mol. The maximum atomic E-state index is 4.19. The molecule has 1 aromatic heterocycles. The van der Waals surface area contributed by atoms with E-state index in [0.29, 0.717) is 12.1 Å². The van der Waals surface area contributed by atoms with Gasteiger partial charge in [-0.3, -0.25) is 0 Å². The van der Waals surface area contributed by atoms with Crippen molar-refractivity contribution < 1.29 is 0 Å². The fourth-order valence-corrected chi connectivity index (χ4v) is 2.61. The first kappa shape index (κ1) is 12.1. The van der Waals surface area contributed by atoms with Crippen LogP contribution in [0.5, 0.6) is 0 Å². The van der Waals surface area contributed by atoms with Crippen molar-refractivity contribution in [3.05, 3.63) is 30.3 Å². The van der Waals surface area contributed by atoms with Gasteiger partial charge in [0.2, 0.25) is 5.95 Å². The third-order valence-corrected chi connectivity index (χ3v) is 3.29. The summed E-state index contributed by atoms with van der Waals surface area (Å²) in [6.45, 7) is 6.19. The minimum Gasteiger partial charge on any atom is -0.336 e. The Bertz CT molecular complexity index is 527. The summed E-state index contributed by atoms with van der Waals surface area (Å²) in [5.41, 5.74) is 0.987. The predicted molar refractivity (Wildman–Crippen MR) is 73.4 cm³/mol. The standard InChI is InChI=1S/C13H18N6/c1-10-8-18(9-11(2)14-10)13-15-16-17-19(13)12-6-4-3-5-7-12/h3-7,10-11,14H,8-9H2,1-2H3. The quantitative estimate of drug-likeness (QED) is 0.865. The molecule has 6 nitrogen and oxygen atoms in total. The normalized spacial score (nSPS) is 23.6. The van der Waals surface area contributed by atoms with Gasteiger partial charge >= 0.3 is 0 Å². The van der Waals surface area contributed by atoms with E-state index in [-0.39, 0.29) is 0 Å². The molecule has 19 heavy (non-hydrogen) atoms. The molecule has 0 bridgehead atoms. The van der Waals surface area contributed by atoms with E-state index in [0.717, 1.165) is 24.7 Å². The van der Waals surface area contributed by atoms with Gasteiger partial charge in [0.1, 0.15) is 0 Å². The molecule has 2 atom stereocenters. The first-order chi connectivity index (χ1) is 9.24. The largest absolute Gasteiger partial charge is 0.336 e. The van der Waals surface area contributed by atoms with Crippen molar-refractivity contribution >= 4 is 5.95 Å². The van der Waals surface area contributed by atoms with Gasteiger partial charge < -0.3 is 10.2 Å². The van der Waals surface area contributed by atoms with Crippen molar-refractivity contribution in [1.82, 2.24) is 25.5 Å². The highest BCUT2D eigenvalue weighted by Crippen LogP contribution is 2.17. The van der Waals surface area contributed by atoms with Crippen molar-refractivity contribution in [1.29, 1.82) is 0 Å². The molecule has 2 aromatic rings.